The van der Waals surface area contributed by atoms with Crippen LogP contribution in [0.2, 0.25) is 0 Å². The highest BCUT2D eigenvalue weighted by Crippen LogP contribution is 2.28. The van der Waals surface area contributed by atoms with E-state index in [-0.39, 0.29) is 0 Å². The third-order valence-corrected chi connectivity index (χ3v) is 3.90. The highest BCUT2D eigenvalue weighted by Gasteiger charge is 2.14. The molecule has 2 aliphatic rings. The van der Waals surface area contributed by atoms with E-state index in [1.165, 1.54) is 22.4 Å². The Labute approximate surface area is 114 Å². The molecule has 0 N–H and O–H groups in total. The van der Waals surface area contributed by atoms with Crippen LogP contribution in [0.1, 0.15) is 17.5 Å². The highest BCUT2D eigenvalue weighted by atomic mass is 16.5. The van der Waals surface area contributed by atoms with E-state index in [0.29, 0.717) is 0 Å². The van der Waals surface area contributed by atoms with Gasteiger partial charge in [0.25, 0.3) is 0 Å². The van der Waals surface area contributed by atoms with Gasteiger partial charge in [-0.15, -0.1) is 0 Å². The maximum Gasteiger partial charge on any atom is 0.0653 e. The molecule has 0 radical (unpaired) electrons. The Morgan fingerprint density at radius 3 is 2.58 bits per heavy atom. The van der Waals surface area contributed by atoms with E-state index < -0.39 is 0 Å². The van der Waals surface area contributed by atoms with E-state index >= 15 is 0 Å². The van der Waals surface area contributed by atoms with Crippen LogP contribution in [0.15, 0.2) is 24.3 Å². The summed E-state index contributed by atoms with van der Waals surface area (Å²) in [4.78, 5) is 2.40. The Morgan fingerprint density at radius 1 is 1.05 bits per heavy atom. The minimum absolute atomic E-state index is 0.750. The summed E-state index contributed by atoms with van der Waals surface area (Å²) in [6, 6.07) is 6.80. The molecule has 1 aromatic rings. The van der Waals surface area contributed by atoms with Crippen LogP contribution in [0.3, 0.4) is 0 Å². The van der Waals surface area contributed by atoms with Crippen molar-refractivity contribution in [3.8, 4) is 0 Å². The molecule has 0 aliphatic carbocycles. The lowest BCUT2D eigenvalue weighted by Crippen LogP contribution is -2.36. The van der Waals surface area contributed by atoms with Gasteiger partial charge < -0.3 is 14.4 Å². The SMILES string of the molecule is Cc1cc(N2CCOCC2)ccc1C1=CCOCC1. The molecule has 3 nitrogen and oxygen atoms in total. The summed E-state index contributed by atoms with van der Waals surface area (Å²) in [5, 5.41) is 0. The number of anilines is 1. The van der Waals surface area contributed by atoms with E-state index in [2.05, 4.69) is 36.1 Å². The largest absolute Gasteiger partial charge is 0.378 e. The van der Waals surface area contributed by atoms with Crippen LogP contribution in [-0.2, 0) is 9.47 Å². The zero-order valence-electron chi connectivity index (χ0n) is 11.5. The fourth-order valence-electron chi connectivity index (χ4n) is 2.80. The first-order chi connectivity index (χ1) is 9.34. The van der Waals surface area contributed by atoms with Gasteiger partial charge in [-0.3, -0.25) is 0 Å². The molecular formula is C16H21NO2. The van der Waals surface area contributed by atoms with Gasteiger partial charge in [0, 0.05) is 18.8 Å². The average Bonchev–Trinajstić information content (AvgIpc) is 2.49. The summed E-state index contributed by atoms with van der Waals surface area (Å²) in [6.45, 7) is 7.46. The molecule has 3 heteroatoms. The number of aryl methyl sites for hydroxylation is 1. The third-order valence-electron chi connectivity index (χ3n) is 3.90. The second-order valence-electron chi connectivity index (χ2n) is 5.15. The van der Waals surface area contributed by atoms with Crippen molar-refractivity contribution in [2.45, 2.75) is 13.3 Å². The molecule has 1 saturated heterocycles. The molecule has 0 saturated carbocycles. The van der Waals surface area contributed by atoms with Crippen molar-refractivity contribution in [1.82, 2.24) is 0 Å². The first kappa shape index (κ1) is 12.7. The van der Waals surface area contributed by atoms with E-state index in [1.807, 2.05) is 0 Å². The summed E-state index contributed by atoms with van der Waals surface area (Å²) in [5.74, 6) is 0. The van der Waals surface area contributed by atoms with Crippen LogP contribution in [0.5, 0.6) is 0 Å². The van der Waals surface area contributed by atoms with E-state index in [4.69, 9.17) is 9.47 Å². The van der Waals surface area contributed by atoms with Gasteiger partial charge in [0.2, 0.25) is 0 Å². The van der Waals surface area contributed by atoms with Crippen molar-refractivity contribution in [2.24, 2.45) is 0 Å². The lowest BCUT2D eigenvalue weighted by atomic mass is 9.96. The standard InChI is InChI=1S/C16H21NO2/c1-13-12-15(17-6-10-19-11-7-17)2-3-16(13)14-4-8-18-9-5-14/h2-4,12H,5-11H2,1H3. The molecule has 0 unspecified atom stereocenters. The summed E-state index contributed by atoms with van der Waals surface area (Å²) < 4.78 is 10.8. The van der Waals surface area contributed by atoms with Gasteiger partial charge in [0.1, 0.15) is 0 Å². The molecule has 0 amide bonds. The Hall–Kier alpha value is -1.32. The maximum atomic E-state index is 5.41. The molecule has 3 rings (SSSR count). The van der Waals surface area contributed by atoms with E-state index in [1.54, 1.807) is 0 Å². The quantitative estimate of drug-likeness (QED) is 0.815. The molecule has 2 aliphatic heterocycles. The Morgan fingerprint density at radius 2 is 1.89 bits per heavy atom. The molecule has 0 aromatic heterocycles. The van der Waals surface area contributed by atoms with Gasteiger partial charge in [0.15, 0.2) is 0 Å². The van der Waals surface area contributed by atoms with Crippen molar-refractivity contribution < 1.29 is 9.47 Å². The van der Waals surface area contributed by atoms with Crippen LogP contribution in [0.25, 0.3) is 5.57 Å². The van der Waals surface area contributed by atoms with Crippen molar-refractivity contribution >= 4 is 11.3 Å². The summed E-state index contributed by atoms with van der Waals surface area (Å²) in [6.07, 6.45) is 3.23. The van der Waals surface area contributed by atoms with Gasteiger partial charge >= 0.3 is 0 Å². The third kappa shape index (κ3) is 2.82. The van der Waals surface area contributed by atoms with Crippen LogP contribution in [0.4, 0.5) is 5.69 Å². The molecule has 1 aromatic carbocycles. The first-order valence-electron chi connectivity index (χ1n) is 7.05. The minimum atomic E-state index is 0.750. The normalized spacial score (nSPS) is 20.3. The topological polar surface area (TPSA) is 21.7 Å². The fraction of sp³-hybridized carbons (Fsp3) is 0.500. The fourth-order valence-corrected chi connectivity index (χ4v) is 2.80. The monoisotopic (exact) mass is 259 g/mol. The van der Waals surface area contributed by atoms with Crippen LogP contribution in [0, 0.1) is 6.92 Å². The molecular weight excluding hydrogens is 238 g/mol. The van der Waals surface area contributed by atoms with Crippen LogP contribution >= 0.6 is 0 Å². The number of hydrogen-bond donors (Lipinski definition) is 0. The molecule has 1 fully saturated rings. The predicted molar refractivity (Wildman–Crippen MR) is 77.6 cm³/mol. The highest BCUT2D eigenvalue weighted by molar-refractivity contribution is 5.71. The van der Waals surface area contributed by atoms with Crippen LogP contribution in [-0.4, -0.2) is 39.5 Å². The molecule has 102 valence electrons. The van der Waals surface area contributed by atoms with Gasteiger partial charge in [-0.1, -0.05) is 12.1 Å². The van der Waals surface area contributed by atoms with Crippen LogP contribution < -0.4 is 4.90 Å². The number of benzene rings is 1. The maximum absolute atomic E-state index is 5.41. The first-order valence-corrected chi connectivity index (χ1v) is 7.05. The second-order valence-corrected chi connectivity index (χ2v) is 5.15. The van der Waals surface area contributed by atoms with Gasteiger partial charge in [0.05, 0.1) is 26.4 Å². The van der Waals surface area contributed by atoms with Crippen molar-refractivity contribution in [1.29, 1.82) is 0 Å². The molecule has 0 atom stereocenters. The number of ether oxygens (including phenoxy) is 2. The van der Waals surface area contributed by atoms with Gasteiger partial charge in [-0.2, -0.15) is 0 Å². The number of nitrogens with zero attached hydrogens (tertiary/aromatic N) is 1. The molecule has 2 heterocycles. The Balaban J connectivity index is 1.82. The van der Waals surface area contributed by atoms with Crippen molar-refractivity contribution in [3.63, 3.8) is 0 Å². The average molecular weight is 259 g/mol. The Bertz CT molecular complexity index is 476. The predicted octanol–water partition coefficient (Wildman–Crippen LogP) is 2.64. The molecule has 19 heavy (non-hydrogen) atoms. The summed E-state index contributed by atoms with van der Waals surface area (Å²) >= 11 is 0. The minimum Gasteiger partial charge on any atom is -0.378 e. The van der Waals surface area contributed by atoms with Crippen molar-refractivity contribution in [2.75, 3.05) is 44.4 Å². The summed E-state index contributed by atoms with van der Waals surface area (Å²) in [5.41, 5.74) is 5.48. The Kier molecular flexibility index (Phi) is 3.85. The van der Waals surface area contributed by atoms with Crippen molar-refractivity contribution in [3.05, 3.63) is 35.4 Å². The zero-order chi connectivity index (χ0) is 13.1. The van der Waals surface area contributed by atoms with E-state index in [9.17, 15) is 0 Å². The number of morpholine rings is 1. The summed E-state index contributed by atoms with van der Waals surface area (Å²) in [7, 11) is 0. The van der Waals surface area contributed by atoms with Gasteiger partial charge in [-0.25, -0.2) is 0 Å². The zero-order valence-corrected chi connectivity index (χ0v) is 11.5. The number of hydrogen-bond acceptors (Lipinski definition) is 3. The molecule has 0 bridgehead atoms. The van der Waals surface area contributed by atoms with E-state index in [0.717, 1.165) is 45.9 Å². The van der Waals surface area contributed by atoms with Gasteiger partial charge in [-0.05, 0) is 42.2 Å². The lowest BCUT2D eigenvalue weighted by Gasteiger charge is -2.29. The lowest BCUT2D eigenvalue weighted by molar-refractivity contribution is 0.122. The second kappa shape index (κ2) is 5.76. The smallest absolute Gasteiger partial charge is 0.0653 e. The molecule has 0 spiro atoms. The number of rotatable bonds is 2.